The summed E-state index contributed by atoms with van der Waals surface area (Å²) in [5.41, 5.74) is 2.60. The first-order valence-electron chi connectivity index (χ1n) is 7.82. The minimum absolute atomic E-state index is 0.286. The van der Waals surface area contributed by atoms with Crippen LogP contribution in [-0.4, -0.2) is 40.1 Å². The predicted octanol–water partition coefficient (Wildman–Crippen LogP) is 2.39. The molecule has 0 aliphatic carbocycles. The van der Waals surface area contributed by atoms with Gasteiger partial charge in [0.05, 0.1) is 12.8 Å². The number of aryl methyl sites for hydroxylation is 1. The lowest BCUT2D eigenvalue weighted by molar-refractivity contribution is 0.414. The molecule has 0 bridgehead atoms. The number of nitrogens with one attached hydrogen (secondary N) is 1. The second kappa shape index (κ2) is 6.84. The van der Waals surface area contributed by atoms with E-state index in [-0.39, 0.29) is 6.04 Å². The summed E-state index contributed by atoms with van der Waals surface area (Å²) in [5.74, 6) is 1.91. The molecule has 1 unspecified atom stereocenters. The van der Waals surface area contributed by atoms with Crippen LogP contribution in [0.3, 0.4) is 0 Å². The van der Waals surface area contributed by atoms with Crippen LogP contribution in [0.15, 0.2) is 34.9 Å². The standard InChI is InChI=1S/C17H21N5O2/c1-11(18-3)9-16-19-17(24-21-16)15-10-12(2)22(20-15)13-5-7-14(23-4)8-6-13/h5-8,10-11,18H,9H2,1-4H3. The van der Waals surface area contributed by atoms with Crippen molar-refractivity contribution in [2.24, 2.45) is 0 Å². The normalized spacial score (nSPS) is 12.3. The Labute approximate surface area is 140 Å². The predicted molar refractivity (Wildman–Crippen MR) is 90.4 cm³/mol. The first-order chi connectivity index (χ1) is 11.6. The molecule has 1 aromatic carbocycles. The smallest absolute Gasteiger partial charge is 0.278 e. The molecule has 126 valence electrons. The van der Waals surface area contributed by atoms with Gasteiger partial charge in [0.2, 0.25) is 0 Å². The van der Waals surface area contributed by atoms with Gasteiger partial charge in [-0.2, -0.15) is 10.1 Å². The molecule has 1 atom stereocenters. The van der Waals surface area contributed by atoms with E-state index in [2.05, 4.69) is 27.5 Å². The second-order valence-corrected chi connectivity index (χ2v) is 5.69. The van der Waals surface area contributed by atoms with Crippen molar-refractivity contribution in [2.75, 3.05) is 14.2 Å². The first-order valence-corrected chi connectivity index (χ1v) is 7.82. The van der Waals surface area contributed by atoms with E-state index >= 15 is 0 Å². The lowest BCUT2D eigenvalue weighted by Gasteiger charge is -2.05. The van der Waals surface area contributed by atoms with Gasteiger partial charge in [0.1, 0.15) is 5.75 Å². The van der Waals surface area contributed by atoms with Crippen LogP contribution in [0.5, 0.6) is 5.75 Å². The van der Waals surface area contributed by atoms with Crippen LogP contribution in [0.4, 0.5) is 0 Å². The van der Waals surface area contributed by atoms with Crippen molar-refractivity contribution in [3.05, 3.63) is 41.9 Å². The lowest BCUT2D eigenvalue weighted by atomic mass is 10.2. The summed E-state index contributed by atoms with van der Waals surface area (Å²) in [6.07, 6.45) is 0.707. The maximum Gasteiger partial charge on any atom is 0.278 e. The fourth-order valence-electron chi connectivity index (χ4n) is 2.38. The minimum Gasteiger partial charge on any atom is -0.497 e. The van der Waals surface area contributed by atoms with Crippen LogP contribution in [0.25, 0.3) is 17.3 Å². The van der Waals surface area contributed by atoms with Gasteiger partial charge >= 0.3 is 0 Å². The van der Waals surface area contributed by atoms with Crippen molar-refractivity contribution in [1.29, 1.82) is 0 Å². The minimum atomic E-state index is 0.286. The van der Waals surface area contributed by atoms with Crippen LogP contribution in [0.1, 0.15) is 18.4 Å². The Bertz CT molecular complexity index is 807. The Morgan fingerprint density at radius 3 is 2.71 bits per heavy atom. The van der Waals surface area contributed by atoms with E-state index in [4.69, 9.17) is 9.26 Å². The summed E-state index contributed by atoms with van der Waals surface area (Å²) in [6, 6.07) is 9.94. The van der Waals surface area contributed by atoms with Crippen molar-refractivity contribution in [3.8, 4) is 23.0 Å². The van der Waals surface area contributed by atoms with E-state index < -0.39 is 0 Å². The summed E-state index contributed by atoms with van der Waals surface area (Å²) in [6.45, 7) is 4.06. The van der Waals surface area contributed by atoms with Crippen molar-refractivity contribution in [2.45, 2.75) is 26.3 Å². The number of nitrogens with zero attached hydrogens (tertiary/aromatic N) is 4. The third-order valence-corrected chi connectivity index (χ3v) is 3.87. The number of aromatic nitrogens is 4. The molecule has 2 aromatic heterocycles. The highest BCUT2D eigenvalue weighted by Gasteiger charge is 2.15. The second-order valence-electron chi connectivity index (χ2n) is 5.69. The van der Waals surface area contributed by atoms with Crippen molar-refractivity contribution >= 4 is 0 Å². The topological polar surface area (TPSA) is 78.0 Å². The highest BCUT2D eigenvalue weighted by atomic mass is 16.5. The van der Waals surface area contributed by atoms with Gasteiger partial charge in [0, 0.05) is 18.2 Å². The SMILES string of the molecule is CNC(C)Cc1noc(-c2cc(C)n(-c3ccc(OC)cc3)n2)n1. The molecule has 0 saturated carbocycles. The maximum absolute atomic E-state index is 5.35. The molecule has 0 aliphatic heterocycles. The largest absolute Gasteiger partial charge is 0.497 e. The molecule has 3 aromatic rings. The molecule has 24 heavy (non-hydrogen) atoms. The Kier molecular flexibility index (Phi) is 4.61. The molecule has 7 nitrogen and oxygen atoms in total. The van der Waals surface area contributed by atoms with Crippen LogP contribution < -0.4 is 10.1 Å². The van der Waals surface area contributed by atoms with E-state index in [1.54, 1.807) is 7.11 Å². The molecule has 2 heterocycles. The number of methoxy groups -OCH3 is 1. The third kappa shape index (κ3) is 3.30. The molecule has 0 saturated heterocycles. The Morgan fingerprint density at radius 2 is 2.04 bits per heavy atom. The van der Waals surface area contributed by atoms with Crippen molar-refractivity contribution in [3.63, 3.8) is 0 Å². The highest BCUT2D eigenvalue weighted by molar-refractivity contribution is 5.49. The number of hydrogen-bond acceptors (Lipinski definition) is 6. The summed E-state index contributed by atoms with van der Waals surface area (Å²) < 4.78 is 12.4. The zero-order valence-corrected chi connectivity index (χ0v) is 14.3. The molecule has 0 fully saturated rings. The zero-order valence-electron chi connectivity index (χ0n) is 14.3. The van der Waals surface area contributed by atoms with Crippen molar-refractivity contribution in [1.82, 2.24) is 25.2 Å². The number of benzene rings is 1. The van der Waals surface area contributed by atoms with Crippen molar-refractivity contribution < 1.29 is 9.26 Å². The average Bonchev–Trinajstić information content (AvgIpc) is 3.21. The lowest BCUT2D eigenvalue weighted by Crippen LogP contribution is -2.24. The van der Waals surface area contributed by atoms with Crippen LogP contribution in [0, 0.1) is 6.92 Å². The summed E-state index contributed by atoms with van der Waals surface area (Å²) in [7, 11) is 3.56. The number of hydrogen-bond donors (Lipinski definition) is 1. The molecule has 0 amide bonds. The van der Waals surface area contributed by atoms with Gasteiger partial charge in [-0.15, -0.1) is 0 Å². The molecule has 0 spiro atoms. The van der Waals surface area contributed by atoms with Gasteiger partial charge in [-0.05, 0) is 51.2 Å². The Hall–Kier alpha value is -2.67. The number of ether oxygens (including phenoxy) is 1. The molecular weight excluding hydrogens is 306 g/mol. The highest BCUT2D eigenvalue weighted by Crippen LogP contribution is 2.21. The fraction of sp³-hybridized carbons (Fsp3) is 0.353. The molecule has 1 N–H and O–H groups in total. The van der Waals surface area contributed by atoms with Crippen LogP contribution in [-0.2, 0) is 6.42 Å². The first kappa shape index (κ1) is 16.2. The van der Waals surface area contributed by atoms with E-state index in [0.29, 0.717) is 23.8 Å². The molecule has 0 aliphatic rings. The molecule has 3 rings (SSSR count). The van der Waals surface area contributed by atoms with Gasteiger partial charge in [-0.25, -0.2) is 4.68 Å². The van der Waals surface area contributed by atoms with E-state index in [1.807, 2.05) is 49.0 Å². The van der Waals surface area contributed by atoms with Gasteiger partial charge in [-0.1, -0.05) is 5.16 Å². The van der Waals surface area contributed by atoms with E-state index in [0.717, 1.165) is 17.1 Å². The Morgan fingerprint density at radius 1 is 1.29 bits per heavy atom. The quantitative estimate of drug-likeness (QED) is 0.749. The van der Waals surface area contributed by atoms with Crippen LogP contribution >= 0.6 is 0 Å². The average molecular weight is 327 g/mol. The van der Waals surface area contributed by atoms with Crippen LogP contribution in [0.2, 0.25) is 0 Å². The summed E-state index contributed by atoms with van der Waals surface area (Å²) >= 11 is 0. The van der Waals surface area contributed by atoms with Gasteiger partial charge < -0.3 is 14.6 Å². The number of likely N-dealkylation sites (N-methyl/N-ethyl adjacent to an activating group) is 1. The number of rotatable bonds is 6. The zero-order chi connectivity index (χ0) is 17.1. The molecule has 7 heteroatoms. The van der Waals surface area contributed by atoms with Gasteiger partial charge in [0.25, 0.3) is 5.89 Å². The molecule has 0 radical (unpaired) electrons. The summed E-state index contributed by atoms with van der Waals surface area (Å²) in [4.78, 5) is 4.43. The van der Waals surface area contributed by atoms with Gasteiger partial charge in [0.15, 0.2) is 11.5 Å². The monoisotopic (exact) mass is 327 g/mol. The fourth-order valence-corrected chi connectivity index (χ4v) is 2.38. The summed E-state index contributed by atoms with van der Waals surface area (Å²) in [5, 5.41) is 11.8. The maximum atomic E-state index is 5.35. The molecular formula is C17H21N5O2. The van der Waals surface area contributed by atoms with E-state index in [9.17, 15) is 0 Å². The third-order valence-electron chi connectivity index (χ3n) is 3.87. The Balaban J connectivity index is 1.85. The van der Waals surface area contributed by atoms with E-state index in [1.165, 1.54) is 0 Å². The van der Waals surface area contributed by atoms with Gasteiger partial charge in [-0.3, -0.25) is 0 Å².